The molecule has 0 aliphatic heterocycles. The molecule has 0 aliphatic rings. The van der Waals surface area contributed by atoms with E-state index in [1.54, 1.807) is 6.07 Å². The van der Waals surface area contributed by atoms with Gasteiger partial charge in [-0.1, -0.05) is 0 Å². The molecule has 0 unspecified atom stereocenters. The molecule has 0 saturated heterocycles. The maximum Gasteiger partial charge on any atom is 0.270 e. The summed E-state index contributed by atoms with van der Waals surface area (Å²) in [6, 6.07) is 4.21. The lowest BCUT2D eigenvalue weighted by molar-refractivity contribution is -0.384. The van der Waals surface area contributed by atoms with E-state index in [0.717, 1.165) is 10.7 Å². The molecule has 1 N–H and O–H groups in total. The average Bonchev–Trinajstić information content (AvgIpc) is 2.82. The second kappa shape index (κ2) is 6.27. The van der Waals surface area contributed by atoms with E-state index in [0.29, 0.717) is 15.7 Å². The van der Waals surface area contributed by atoms with Crippen molar-refractivity contribution in [3.05, 3.63) is 53.5 Å². The van der Waals surface area contributed by atoms with Crippen molar-refractivity contribution < 1.29 is 9.72 Å². The molecule has 0 fully saturated rings. The number of carbonyl (C=O) groups excluding carboxylic acids is 1. The van der Waals surface area contributed by atoms with Crippen LogP contribution in [-0.2, 0) is 6.54 Å². The monoisotopic (exact) mass is 403 g/mol. The highest BCUT2D eigenvalue weighted by Gasteiger charge is 2.15. The van der Waals surface area contributed by atoms with Crippen LogP contribution in [-0.4, -0.2) is 15.8 Å². The number of nitrogens with zero attached hydrogens (tertiary/aromatic N) is 2. The Balaban J connectivity index is 2.12. The van der Waals surface area contributed by atoms with Gasteiger partial charge in [-0.2, -0.15) is 0 Å². The predicted octanol–water partition coefficient (Wildman–Crippen LogP) is 2.89. The number of aryl methyl sites for hydroxylation is 1. The first-order valence-electron chi connectivity index (χ1n) is 5.60. The molecule has 8 heteroatoms. The van der Waals surface area contributed by atoms with Gasteiger partial charge in [0, 0.05) is 21.1 Å². The molecule has 0 spiro atoms. The first-order valence-corrected chi connectivity index (χ1v) is 7.56. The fraction of sp³-hybridized carbons (Fsp3) is 0.167. The maximum absolute atomic E-state index is 12.1. The Hall–Kier alpha value is -1.55. The van der Waals surface area contributed by atoms with Gasteiger partial charge < -0.3 is 5.32 Å². The SMILES string of the molecule is Cc1nc(CNC(=O)c2cc([N+](=O)[O-])ccc2I)cs1. The number of non-ortho nitro benzene ring substituents is 1. The smallest absolute Gasteiger partial charge is 0.270 e. The van der Waals surface area contributed by atoms with E-state index in [4.69, 9.17) is 0 Å². The molecule has 6 nitrogen and oxygen atoms in total. The van der Waals surface area contributed by atoms with Crippen molar-refractivity contribution in [3.63, 3.8) is 0 Å². The molecule has 20 heavy (non-hydrogen) atoms. The Kier molecular flexibility index (Phi) is 4.65. The molecule has 2 aromatic rings. The zero-order chi connectivity index (χ0) is 14.7. The van der Waals surface area contributed by atoms with Crippen LogP contribution in [0.5, 0.6) is 0 Å². The van der Waals surface area contributed by atoms with Gasteiger partial charge in [-0.3, -0.25) is 14.9 Å². The predicted molar refractivity (Wildman–Crippen MR) is 83.8 cm³/mol. The number of rotatable bonds is 4. The van der Waals surface area contributed by atoms with Crippen molar-refractivity contribution in [1.29, 1.82) is 0 Å². The number of thiazole rings is 1. The number of hydrogen-bond donors (Lipinski definition) is 1. The van der Waals surface area contributed by atoms with Crippen molar-refractivity contribution in [2.45, 2.75) is 13.5 Å². The van der Waals surface area contributed by atoms with Crippen LogP contribution in [0.1, 0.15) is 21.1 Å². The number of nitro groups is 1. The summed E-state index contributed by atoms with van der Waals surface area (Å²) in [4.78, 5) is 26.5. The minimum absolute atomic E-state index is 0.0972. The molecule has 104 valence electrons. The van der Waals surface area contributed by atoms with Gasteiger partial charge in [0.15, 0.2) is 0 Å². The first-order chi connectivity index (χ1) is 9.47. The molecule has 1 amide bonds. The van der Waals surface area contributed by atoms with E-state index in [2.05, 4.69) is 10.3 Å². The largest absolute Gasteiger partial charge is 0.346 e. The van der Waals surface area contributed by atoms with Crippen molar-refractivity contribution in [2.24, 2.45) is 0 Å². The van der Waals surface area contributed by atoms with Crippen molar-refractivity contribution in [3.8, 4) is 0 Å². The normalized spacial score (nSPS) is 10.3. The Labute approximate surface area is 132 Å². The molecule has 0 radical (unpaired) electrons. The summed E-state index contributed by atoms with van der Waals surface area (Å²) < 4.78 is 0.667. The van der Waals surface area contributed by atoms with Crippen molar-refractivity contribution in [2.75, 3.05) is 0 Å². The molecule has 1 heterocycles. The zero-order valence-electron chi connectivity index (χ0n) is 10.4. The van der Waals surface area contributed by atoms with E-state index in [1.807, 2.05) is 34.9 Å². The third-order valence-corrected chi connectivity index (χ3v) is 4.27. The fourth-order valence-electron chi connectivity index (χ4n) is 1.56. The van der Waals surface area contributed by atoms with Crippen LogP contribution in [0.15, 0.2) is 23.6 Å². The van der Waals surface area contributed by atoms with Crippen molar-refractivity contribution >= 4 is 45.5 Å². The minimum Gasteiger partial charge on any atom is -0.346 e. The summed E-state index contributed by atoms with van der Waals surface area (Å²) >= 11 is 3.49. The fourth-order valence-corrected chi connectivity index (χ4v) is 2.75. The summed E-state index contributed by atoms with van der Waals surface area (Å²) in [7, 11) is 0. The van der Waals surface area contributed by atoms with Crippen LogP contribution in [0.4, 0.5) is 5.69 Å². The highest BCUT2D eigenvalue weighted by atomic mass is 127. The Morgan fingerprint density at radius 3 is 2.90 bits per heavy atom. The van der Waals surface area contributed by atoms with E-state index < -0.39 is 4.92 Å². The van der Waals surface area contributed by atoms with Crippen LogP contribution >= 0.6 is 33.9 Å². The van der Waals surface area contributed by atoms with Gasteiger partial charge in [-0.15, -0.1) is 11.3 Å². The van der Waals surface area contributed by atoms with Gasteiger partial charge in [0.25, 0.3) is 11.6 Å². The summed E-state index contributed by atoms with van der Waals surface area (Å²) in [5, 5.41) is 16.2. The number of carbonyl (C=O) groups is 1. The second-order valence-electron chi connectivity index (χ2n) is 3.96. The number of aromatic nitrogens is 1. The average molecular weight is 403 g/mol. The minimum atomic E-state index is -0.517. The lowest BCUT2D eigenvalue weighted by atomic mass is 10.2. The highest BCUT2D eigenvalue weighted by molar-refractivity contribution is 14.1. The standard InChI is InChI=1S/C12H10IN3O3S/c1-7-15-8(6-20-7)5-14-12(17)10-4-9(16(18)19)2-3-11(10)13/h2-4,6H,5H2,1H3,(H,14,17). The van der Waals surface area contributed by atoms with Crippen LogP contribution in [0.3, 0.4) is 0 Å². The number of nitro benzene ring substituents is 1. The van der Waals surface area contributed by atoms with E-state index in [9.17, 15) is 14.9 Å². The van der Waals surface area contributed by atoms with Gasteiger partial charge in [-0.25, -0.2) is 4.98 Å². The lowest BCUT2D eigenvalue weighted by Crippen LogP contribution is -2.24. The topological polar surface area (TPSA) is 85.1 Å². The molecule has 2 rings (SSSR count). The van der Waals surface area contributed by atoms with E-state index in [-0.39, 0.29) is 11.6 Å². The van der Waals surface area contributed by atoms with E-state index in [1.165, 1.54) is 23.5 Å². The number of benzene rings is 1. The van der Waals surface area contributed by atoms with Gasteiger partial charge >= 0.3 is 0 Å². The first kappa shape index (κ1) is 14.9. The molecule has 1 aromatic carbocycles. The van der Waals surface area contributed by atoms with Gasteiger partial charge in [-0.05, 0) is 35.6 Å². The van der Waals surface area contributed by atoms with Crippen LogP contribution in [0, 0.1) is 20.6 Å². The number of amides is 1. The summed E-state index contributed by atoms with van der Waals surface area (Å²) in [5.74, 6) is -0.344. The summed E-state index contributed by atoms with van der Waals surface area (Å²) in [6.45, 7) is 2.20. The van der Waals surface area contributed by atoms with Gasteiger partial charge in [0.05, 0.1) is 27.7 Å². The Morgan fingerprint density at radius 2 is 2.30 bits per heavy atom. The molecular formula is C12H10IN3O3S. The maximum atomic E-state index is 12.1. The number of halogens is 1. The summed E-state index contributed by atoms with van der Waals surface area (Å²) in [5.41, 5.74) is 0.980. The quantitative estimate of drug-likeness (QED) is 0.483. The third kappa shape index (κ3) is 3.51. The van der Waals surface area contributed by atoms with Crippen molar-refractivity contribution in [1.82, 2.24) is 10.3 Å². The van der Waals surface area contributed by atoms with Crippen LogP contribution < -0.4 is 5.32 Å². The Bertz CT molecular complexity index is 672. The van der Waals surface area contributed by atoms with E-state index >= 15 is 0 Å². The van der Waals surface area contributed by atoms with Crippen LogP contribution in [0.2, 0.25) is 0 Å². The molecular weight excluding hydrogens is 393 g/mol. The molecule has 0 aliphatic carbocycles. The molecule has 1 aromatic heterocycles. The summed E-state index contributed by atoms with van der Waals surface area (Å²) in [6.07, 6.45) is 0. The number of nitrogens with one attached hydrogen (secondary N) is 1. The third-order valence-electron chi connectivity index (χ3n) is 2.50. The molecule has 0 saturated carbocycles. The number of hydrogen-bond acceptors (Lipinski definition) is 5. The highest BCUT2D eigenvalue weighted by Crippen LogP contribution is 2.19. The Morgan fingerprint density at radius 1 is 1.55 bits per heavy atom. The second-order valence-corrected chi connectivity index (χ2v) is 6.19. The van der Waals surface area contributed by atoms with Gasteiger partial charge in [0.1, 0.15) is 0 Å². The van der Waals surface area contributed by atoms with Crippen LogP contribution in [0.25, 0.3) is 0 Å². The molecule has 0 bridgehead atoms. The van der Waals surface area contributed by atoms with Gasteiger partial charge in [0.2, 0.25) is 0 Å². The zero-order valence-corrected chi connectivity index (χ0v) is 13.4. The molecule has 0 atom stereocenters. The lowest BCUT2D eigenvalue weighted by Gasteiger charge is -2.05.